The molecular formula is C22H26N2O5. The number of rotatable bonds is 5. The molecule has 1 aromatic heterocycles. The molecule has 7 nitrogen and oxygen atoms in total. The van der Waals surface area contributed by atoms with Gasteiger partial charge in [0.2, 0.25) is 0 Å². The van der Waals surface area contributed by atoms with Gasteiger partial charge < -0.3 is 24.1 Å². The Hall–Kier alpha value is -2.96. The van der Waals surface area contributed by atoms with Crippen molar-refractivity contribution in [3.63, 3.8) is 0 Å². The van der Waals surface area contributed by atoms with Gasteiger partial charge in [0.15, 0.2) is 23.9 Å². The number of nitrogens with zero attached hydrogens (tertiary/aromatic N) is 1. The Balaban J connectivity index is 1.25. The van der Waals surface area contributed by atoms with E-state index in [-0.39, 0.29) is 30.1 Å². The summed E-state index contributed by atoms with van der Waals surface area (Å²) in [6.07, 6.45) is 3.72. The molecule has 0 bridgehead atoms. The Morgan fingerprint density at radius 1 is 1.21 bits per heavy atom. The Labute approximate surface area is 170 Å². The van der Waals surface area contributed by atoms with E-state index >= 15 is 0 Å². The minimum Gasteiger partial charge on any atom is -0.483 e. The summed E-state index contributed by atoms with van der Waals surface area (Å²) in [7, 11) is 0. The van der Waals surface area contributed by atoms with Gasteiger partial charge in [-0.3, -0.25) is 9.59 Å². The van der Waals surface area contributed by atoms with Gasteiger partial charge in [0.25, 0.3) is 11.8 Å². The van der Waals surface area contributed by atoms with Crippen LogP contribution in [0.25, 0.3) is 0 Å². The van der Waals surface area contributed by atoms with Gasteiger partial charge in [0, 0.05) is 31.1 Å². The number of ether oxygens (including phenoxy) is 2. The van der Waals surface area contributed by atoms with Crippen molar-refractivity contribution in [2.24, 2.45) is 0 Å². The zero-order valence-corrected chi connectivity index (χ0v) is 16.8. The summed E-state index contributed by atoms with van der Waals surface area (Å²) in [6.45, 7) is 5.17. The number of fused-ring (bicyclic) bond motifs is 1. The molecule has 4 rings (SSSR count). The smallest absolute Gasteiger partial charge is 0.289 e. The first-order valence-corrected chi connectivity index (χ1v) is 9.97. The molecular weight excluding hydrogens is 372 g/mol. The molecule has 3 heterocycles. The average Bonchev–Trinajstić information content (AvgIpc) is 3.33. The van der Waals surface area contributed by atoms with Crippen molar-refractivity contribution in [1.29, 1.82) is 0 Å². The van der Waals surface area contributed by atoms with Crippen molar-refractivity contribution in [2.45, 2.75) is 44.8 Å². The molecule has 29 heavy (non-hydrogen) atoms. The summed E-state index contributed by atoms with van der Waals surface area (Å²) in [5.74, 6) is 1.40. The van der Waals surface area contributed by atoms with Crippen LogP contribution in [0, 0.1) is 0 Å². The van der Waals surface area contributed by atoms with Gasteiger partial charge in [-0.05, 0) is 44.9 Å². The van der Waals surface area contributed by atoms with Gasteiger partial charge in [-0.1, -0.05) is 12.1 Å². The molecule has 0 aliphatic carbocycles. The lowest BCUT2D eigenvalue weighted by molar-refractivity contribution is -0.124. The lowest BCUT2D eigenvalue weighted by Gasteiger charge is -2.31. The number of para-hydroxylation sites is 1. The fraction of sp³-hybridized carbons (Fsp3) is 0.455. The van der Waals surface area contributed by atoms with E-state index in [1.165, 1.54) is 6.26 Å². The number of carbonyl (C=O) groups is 2. The lowest BCUT2D eigenvalue weighted by atomic mass is 10.0. The first kappa shape index (κ1) is 19.4. The number of hydrogen-bond acceptors (Lipinski definition) is 5. The van der Waals surface area contributed by atoms with E-state index in [9.17, 15) is 9.59 Å². The number of carbonyl (C=O) groups excluding carboxylic acids is 2. The number of hydrogen-bond donors (Lipinski definition) is 1. The summed E-state index contributed by atoms with van der Waals surface area (Å²) >= 11 is 0. The molecule has 1 fully saturated rings. The zero-order chi connectivity index (χ0) is 20.4. The van der Waals surface area contributed by atoms with Gasteiger partial charge in [-0.15, -0.1) is 0 Å². The quantitative estimate of drug-likeness (QED) is 0.838. The van der Waals surface area contributed by atoms with Crippen LogP contribution in [0.2, 0.25) is 0 Å². The van der Waals surface area contributed by atoms with Crippen LogP contribution in [0.15, 0.2) is 41.0 Å². The van der Waals surface area contributed by atoms with Crippen LogP contribution in [0.3, 0.4) is 0 Å². The Kier molecular flexibility index (Phi) is 5.22. The molecule has 1 aromatic carbocycles. The third-order valence-corrected chi connectivity index (χ3v) is 5.29. The maximum atomic E-state index is 12.3. The first-order valence-electron chi connectivity index (χ1n) is 9.97. The second-order valence-corrected chi connectivity index (χ2v) is 8.18. The van der Waals surface area contributed by atoms with Gasteiger partial charge in [0.05, 0.1) is 6.26 Å². The van der Waals surface area contributed by atoms with E-state index < -0.39 is 0 Å². The van der Waals surface area contributed by atoms with Crippen LogP contribution in [-0.2, 0) is 11.2 Å². The minimum absolute atomic E-state index is 0.0309. The van der Waals surface area contributed by atoms with Gasteiger partial charge in [-0.25, -0.2) is 0 Å². The number of nitrogens with one attached hydrogen (secondary N) is 1. The highest BCUT2D eigenvalue weighted by Gasteiger charge is 2.32. The van der Waals surface area contributed by atoms with E-state index in [0.717, 1.165) is 17.7 Å². The molecule has 1 N–H and O–H groups in total. The maximum Gasteiger partial charge on any atom is 0.289 e. The molecule has 1 saturated heterocycles. The van der Waals surface area contributed by atoms with Crippen LogP contribution >= 0.6 is 0 Å². The normalized spacial score (nSPS) is 18.1. The minimum atomic E-state index is -0.259. The molecule has 0 radical (unpaired) electrons. The Bertz CT molecular complexity index is 883. The molecule has 154 valence electrons. The standard InChI is InChI=1S/C22H26N2O5/c1-22(2)13-15-5-3-6-17(20(15)29-22)28-14-19(25)23-16-8-10-24(11-9-16)21(26)18-7-4-12-27-18/h3-7,12,16H,8-11,13-14H2,1-2H3,(H,23,25). The van der Waals surface area contributed by atoms with Gasteiger partial charge in [0.1, 0.15) is 5.60 Å². The number of furan rings is 1. The Morgan fingerprint density at radius 2 is 2.00 bits per heavy atom. The molecule has 2 aliphatic rings. The highest BCUT2D eigenvalue weighted by Crippen LogP contribution is 2.41. The summed E-state index contributed by atoms with van der Waals surface area (Å²) in [5, 5.41) is 3.00. The Morgan fingerprint density at radius 3 is 2.72 bits per heavy atom. The van der Waals surface area contributed by atoms with Crippen molar-refractivity contribution < 1.29 is 23.5 Å². The van der Waals surface area contributed by atoms with Crippen LogP contribution < -0.4 is 14.8 Å². The van der Waals surface area contributed by atoms with Gasteiger partial charge >= 0.3 is 0 Å². The number of piperidine rings is 1. The topological polar surface area (TPSA) is 81.0 Å². The van der Waals surface area contributed by atoms with Crippen molar-refractivity contribution >= 4 is 11.8 Å². The number of benzene rings is 1. The highest BCUT2D eigenvalue weighted by molar-refractivity contribution is 5.91. The number of amides is 2. The SMILES string of the molecule is CC1(C)Cc2cccc(OCC(=O)NC3CCN(C(=O)c4ccco4)CC3)c2O1. The van der Waals surface area contributed by atoms with Crippen LogP contribution in [0.4, 0.5) is 0 Å². The fourth-order valence-electron chi connectivity index (χ4n) is 3.90. The second-order valence-electron chi connectivity index (χ2n) is 8.18. The molecule has 0 spiro atoms. The van der Waals surface area contributed by atoms with Crippen molar-refractivity contribution in [3.8, 4) is 11.5 Å². The van der Waals surface area contributed by atoms with Crippen LogP contribution in [0.1, 0.15) is 42.8 Å². The van der Waals surface area contributed by atoms with Crippen LogP contribution in [0.5, 0.6) is 11.5 Å². The second kappa shape index (κ2) is 7.81. The monoisotopic (exact) mass is 398 g/mol. The largest absolute Gasteiger partial charge is 0.483 e. The molecule has 0 unspecified atom stereocenters. The third-order valence-electron chi connectivity index (χ3n) is 5.29. The summed E-state index contributed by atoms with van der Waals surface area (Å²) in [4.78, 5) is 26.4. The molecule has 2 aliphatic heterocycles. The van der Waals surface area contributed by atoms with Crippen molar-refractivity contribution in [2.75, 3.05) is 19.7 Å². The summed E-state index contributed by atoms with van der Waals surface area (Å²) in [5.41, 5.74) is 0.840. The van der Waals surface area contributed by atoms with E-state index in [4.69, 9.17) is 13.9 Å². The van der Waals surface area contributed by atoms with Gasteiger partial charge in [-0.2, -0.15) is 0 Å². The molecule has 2 aromatic rings. The predicted octanol–water partition coefficient (Wildman–Crippen LogP) is 2.79. The summed E-state index contributed by atoms with van der Waals surface area (Å²) in [6, 6.07) is 9.17. The molecule has 0 atom stereocenters. The fourth-order valence-corrected chi connectivity index (χ4v) is 3.90. The zero-order valence-electron chi connectivity index (χ0n) is 16.8. The van der Waals surface area contributed by atoms with E-state index in [2.05, 4.69) is 5.32 Å². The van der Waals surface area contributed by atoms with E-state index in [0.29, 0.717) is 37.4 Å². The van der Waals surface area contributed by atoms with Crippen molar-refractivity contribution in [1.82, 2.24) is 10.2 Å². The first-order chi connectivity index (χ1) is 13.9. The van der Waals surface area contributed by atoms with E-state index in [1.54, 1.807) is 17.0 Å². The van der Waals surface area contributed by atoms with Crippen LogP contribution in [-0.4, -0.2) is 48.1 Å². The molecule has 2 amide bonds. The summed E-state index contributed by atoms with van der Waals surface area (Å²) < 4.78 is 16.9. The maximum absolute atomic E-state index is 12.3. The van der Waals surface area contributed by atoms with E-state index in [1.807, 2.05) is 32.0 Å². The average molecular weight is 398 g/mol. The molecule has 7 heteroatoms. The highest BCUT2D eigenvalue weighted by atomic mass is 16.5. The predicted molar refractivity (Wildman–Crippen MR) is 106 cm³/mol. The number of likely N-dealkylation sites (tertiary alicyclic amines) is 1. The van der Waals surface area contributed by atoms with Crippen molar-refractivity contribution in [3.05, 3.63) is 47.9 Å². The lowest BCUT2D eigenvalue weighted by Crippen LogP contribution is -2.47. The third kappa shape index (κ3) is 4.39. The molecule has 0 saturated carbocycles.